The Morgan fingerprint density at radius 3 is 2.86 bits per heavy atom. The molecule has 1 aliphatic heterocycles. The fraction of sp³-hybridized carbons (Fsp3) is 0.138. The van der Waals surface area contributed by atoms with E-state index in [4.69, 9.17) is 19.6 Å². The van der Waals surface area contributed by atoms with Crippen molar-refractivity contribution >= 4 is 29.1 Å². The molecule has 0 atom stereocenters. The first-order valence-corrected chi connectivity index (χ1v) is 12.7. The largest absolute Gasteiger partial charge is 0.489 e. The van der Waals surface area contributed by atoms with Gasteiger partial charge in [-0.1, -0.05) is 54.6 Å². The summed E-state index contributed by atoms with van der Waals surface area (Å²) in [7, 11) is 0. The van der Waals surface area contributed by atoms with Gasteiger partial charge < -0.3 is 14.8 Å². The van der Waals surface area contributed by atoms with Crippen molar-refractivity contribution in [2.45, 2.75) is 13.5 Å². The monoisotopic (exact) mass is 510 g/mol. The van der Waals surface area contributed by atoms with Gasteiger partial charge in [0.25, 0.3) is 5.91 Å². The number of carbonyl (C=O) groups excluding carboxylic acids is 1. The Balaban J connectivity index is 1.45. The molecule has 8 heteroatoms. The first kappa shape index (κ1) is 24.3. The van der Waals surface area contributed by atoms with Crippen LogP contribution in [-0.2, 0) is 11.4 Å². The minimum Gasteiger partial charge on any atom is -0.489 e. The van der Waals surface area contributed by atoms with Crippen molar-refractivity contribution in [2.24, 2.45) is 10.1 Å². The second kappa shape index (κ2) is 11.1. The third-order valence-electron chi connectivity index (χ3n) is 5.51. The SMILES string of the molecule is C=C(C)CN=c1scc(-c2ccc3c(c2)NC(=O)CO3)n1N=Cc1cccc(OCc2ccccc2)c1. The lowest BCUT2D eigenvalue weighted by Gasteiger charge is -2.18. The van der Waals surface area contributed by atoms with Gasteiger partial charge in [-0.2, -0.15) is 5.10 Å². The molecule has 0 spiro atoms. The number of nitrogens with zero attached hydrogens (tertiary/aromatic N) is 3. The number of hydrogen-bond acceptors (Lipinski definition) is 6. The lowest BCUT2D eigenvalue weighted by molar-refractivity contribution is -0.118. The van der Waals surface area contributed by atoms with Crippen LogP contribution in [0.3, 0.4) is 0 Å². The number of hydrogen-bond donors (Lipinski definition) is 1. The van der Waals surface area contributed by atoms with E-state index in [1.54, 1.807) is 10.9 Å². The summed E-state index contributed by atoms with van der Waals surface area (Å²) in [5.41, 5.74) is 5.33. The molecule has 3 aromatic carbocycles. The molecule has 0 saturated carbocycles. The van der Waals surface area contributed by atoms with Crippen LogP contribution in [0.4, 0.5) is 5.69 Å². The zero-order chi connectivity index (χ0) is 25.6. The van der Waals surface area contributed by atoms with E-state index in [0.717, 1.165) is 38.5 Å². The zero-order valence-corrected chi connectivity index (χ0v) is 21.2. The summed E-state index contributed by atoms with van der Waals surface area (Å²) >= 11 is 1.49. The van der Waals surface area contributed by atoms with Crippen molar-refractivity contribution in [3.8, 4) is 22.8 Å². The third-order valence-corrected chi connectivity index (χ3v) is 6.36. The van der Waals surface area contributed by atoms with Crippen molar-refractivity contribution < 1.29 is 14.3 Å². The van der Waals surface area contributed by atoms with Crippen molar-refractivity contribution in [2.75, 3.05) is 18.5 Å². The number of thiazole rings is 1. The predicted octanol–water partition coefficient (Wildman–Crippen LogP) is 5.49. The quantitative estimate of drug-likeness (QED) is 0.252. The molecule has 37 heavy (non-hydrogen) atoms. The highest BCUT2D eigenvalue weighted by molar-refractivity contribution is 7.07. The van der Waals surface area contributed by atoms with E-state index in [1.165, 1.54) is 11.3 Å². The van der Waals surface area contributed by atoms with E-state index in [0.29, 0.717) is 24.6 Å². The lowest BCUT2D eigenvalue weighted by atomic mass is 10.1. The van der Waals surface area contributed by atoms with E-state index in [1.807, 2.05) is 85.1 Å². The number of rotatable bonds is 8. The minimum absolute atomic E-state index is 0.0210. The summed E-state index contributed by atoms with van der Waals surface area (Å²) in [6.07, 6.45) is 1.79. The molecule has 2 heterocycles. The van der Waals surface area contributed by atoms with Crippen LogP contribution in [0.2, 0.25) is 0 Å². The van der Waals surface area contributed by atoms with Gasteiger partial charge in [0.1, 0.15) is 18.1 Å². The average molecular weight is 511 g/mol. The molecule has 4 aromatic rings. The Morgan fingerprint density at radius 2 is 2.03 bits per heavy atom. The molecule has 1 N–H and O–H groups in total. The number of aromatic nitrogens is 1. The molecule has 1 amide bonds. The van der Waals surface area contributed by atoms with Gasteiger partial charge in [0, 0.05) is 10.9 Å². The molecule has 1 aromatic heterocycles. The molecule has 0 aliphatic carbocycles. The molecule has 1 aliphatic rings. The molecule has 0 unspecified atom stereocenters. The zero-order valence-electron chi connectivity index (χ0n) is 20.4. The van der Waals surface area contributed by atoms with E-state index in [2.05, 4.69) is 11.9 Å². The molecule has 0 radical (unpaired) electrons. The fourth-order valence-corrected chi connectivity index (χ4v) is 4.55. The second-order valence-electron chi connectivity index (χ2n) is 8.63. The maximum atomic E-state index is 11.8. The van der Waals surface area contributed by atoms with Crippen LogP contribution in [0, 0.1) is 0 Å². The summed E-state index contributed by atoms with van der Waals surface area (Å²) in [5.74, 6) is 1.24. The summed E-state index contributed by atoms with van der Waals surface area (Å²) in [6, 6.07) is 23.6. The highest BCUT2D eigenvalue weighted by Crippen LogP contribution is 2.33. The van der Waals surface area contributed by atoms with Gasteiger partial charge in [-0.05, 0) is 48.4 Å². The first-order valence-electron chi connectivity index (χ1n) is 11.8. The Bertz CT molecular complexity index is 1540. The predicted molar refractivity (Wildman–Crippen MR) is 147 cm³/mol. The third kappa shape index (κ3) is 6.05. The van der Waals surface area contributed by atoms with Crippen LogP contribution >= 0.6 is 11.3 Å². The smallest absolute Gasteiger partial charge is 0.262 e. The molecular weight excluding hydrogens is 484 g/mol. The fourth-order valence-electron chi connectivity index (χ4n) is 3.71. The molecule has 7 nitrogen and oxygen atoms in total. The molecule has 0 saturated heterocycles. The Labute approximate surface area is 219 Å². The van der Waals surface area contributed by atoms with E-state index in [-0.39, 0.29) is 12.5 Å². The van der Waals surface area contributed by atoms with Crippen LogP contribution < -0.4 is 19.6 Å². The molecule has 0 fully saturated rings. The highest BCUT2D eigenvalue weighted by Gasteiger charge is 2.17. The van der Waals surface area contributed by atoms with Gasteiger partial charge in [0.2, 0.25) is 4.80 Å². The number of ether oxygens (including phenoxy) is 2. The van der Waals surface area contributed by atoms with Crippen LogP contribution in [0.15, 0.2) is 100 Å². The van der Waals surface area contributed by atoms with E-state index >= 15 is 0 Å². The number of anilines is 1. The van der Waals surface area contributed by atoms with Crippen LogP contribution in [0.1, 0.15) is 18.1 Å². The average Bonchev–Trinajstić information content (AvgIpc) is 3.32. The van der Waals surface area contributed by atoms with Crippen molar-refractivity contribution in [3.63, 3.8) is 0 Å². The van der Waals surface area contributed by atoms with Gasteiger partial charge in [-0.25, -0.2) is 4.68 Å². The molecule has 0 bridgehead atoms. The minimum atomic E-state index is -0.174. The number of nitrogens with one attached hydrogen (secondary N) is 1. The van der Waals surface area contributed by atoms with Crippen LogP contribution in [0.25, 0.3) is 11.3 Å². The first-order chi connectivity index (χ1) is 18.0. The van der Waals surface area contributed by atoms with Gasteiger partial charge in [-0.15, -0.1) is 11.3 Å². The van der Waals surface area contributed by atoms with Gasteiger partial charge in [-0.3, -0.25) is 9.79 Å². The molecule has 5 rings (SSSR count). The van der Waals surface area contributed by atoms with Crippen LogP contribution in [-0.4, -0.2) is 29.9 Å². The van der Waals surface area contributed by atoms with E-state index < -0.39 is 0 Å². The number of benzene rings is 3. The summed E-state index contributed by atoms with van der Waals surface area (Å²) in [4.78, 5) is 17.2. The number of fused-ring (bicyclic) bond motifs is 1. The molecule has 186 valence electrons. The standard InChI is InChI=1S/C29H26N4O3S/c1-20(2)15-30-29-33(26(19-37-29)23-11-12-27-25(14-23)32-28(34)18-36-27)31-16-22-9-6-10-24(13-22)35-17-21-7-4-3-5-8-21/h3-14,16,19H,1,15,17-18H2,2H3,(H,32,34). The summed E-state index contributed by atoms with van der Waals surface area (Å²) < 4.78 is 13.3. The number of amides is 1. The van der Waals surface area contributed by atoms with Crippen molar-refractivity contribution in [1.82, 2.24) is 4.68 Å². The summed E-state index contributed by atoms with van der Waals surface area (Å²) in [5, 5.41) is 9.65. The molecular formula is C29H26N4O3S. The Morgan fingerprint density at radius 1 is 1.16 bits per heavy atom. The van der Waals surface area contributed by atoms with Crippen molar-refractivity contribution in [3.05, 3.63) is 106 Å². The Hall–Kier alpha value is -4.43. The highest BCUT2D eigenvalue weighted by atomic mass is 32.1. The maximum absolute atomic E-state index is 11.8. The topological polar surface area (TPSA) is 77.2 Å². The second-order valence-corrected chi connectivity index (χ2v) is 9.46. The normalized spacial score (nSPS) is 13.2. The van der Waals surface area contributed by atoms with Gasteiger partial charge >= 0.3 is 0 Å². The van der Waals surface area contributed by atoms with Crippen molar-refractivity contribution in [1.29, 1.82) is 0 Å². The Kier molecular flexibility index (Phi) is 7.28. The lowest BCUT2D eigenvalue weighted by Crippen LogP contribution is -2.25. The van der Waals surface area contributed by atoms with Crippen LogP contribution in [0.5, 0.6) is 11.5 Å². The number of carbonyl (C=O) groups is 1. The summed E-state index contributed by atoms with van der Waals surface area (Å²) in [6.45, 7) is 6.92. The van der Waals surface area contributed by atoms with Gasteiger partial charge in [0.05, 0.1) is 24.1 Å². The maximum Gasteiger partial charge on any atom is 0.262 e. The van der Waals surface area contributed by atoms with E-state index in [9.17, 15) is 4.79 Å². The van der Waals surface area contributed by atoms with Gasteiger partial charge in [0.15, 0.2) is 6.61 Å².